The Hall–Kier alpha value is -1.95. The highest BCUT2D eigenvalue weighted by molar-refractivity contribution is 5.87. The molecule has 96 valence electrons. The third kappa shape index (κ3) is 3.81. The standard InChI is InChI=1S/C12H15N3O3/c16-11(15-9-3-4-9)7-13-6-10-2-1-8(5-14-10)12(17)18/h1-2,5,9,13H,3-4,6-7H2,(H,15,16)(H,17,18). The van der Waals surface area contributed by atoms with Crippen LogP contribution in [0.4, 0.5) is 0 Å². The fraction of sp³-hybridized carbons (Fsp3) is 0.417. The van der Waals surface area contributed by atoms with E-state index in [0.717, 1.165) is 12.8 Å². The van der Waals surface area contributed by atoms with E-state index in [4.69, 9.17) is 5.11 Å². The van der Waals surface area contributed by atoms with Crippen molar-refractivity contribution in [2.24, 2.45) is 0 Å². The van der Waals surface area contributed by atoms with Crippen LogP contribution in [0.3, 0.4) is 0 Å². The number of hydrogen-bond donors (Lipinski definition) is 3. The zero-order chi connectivity index (χ0) is 13.0. The van der Waals surface area contributed by atoms with Crippen LogP contribution in [0, 0.1) is 0 Å². The molecule has 6 nitrogen and oxygen atoms in total. The Bertz CT molecular complexity index is 440. The van der Waals surface area contributed by atoms with E-state index in [1.165, 1.54) is 12.3 Å². The van der Waals surface area contributed by atoms with Crippen LogP contribution in [-0.4, -0.2) is 34.6 Å². The second-order valence-corrected chi connectivity index (χ2v) is 4.29. The van der Waals surface area contributed by atoms with Gasteiger partial charge >= 0.3 is 5.97 Å². The molecule has 0 atom stereocenters. The van der Waals surface area contributed by atoms with Crippen molar-refractivity contribution < 1.29 is 14.7 Å². The van der Waals surface area contributed by atoms with Crippen molar-refractivity contribution >= 4 is 11.9 Å². The number of aromatic carboxylic acids is 1. The molecule has 2 rings (SSSR count). The lowest BCUT2D eigenvalue weighted by molar-refractivity contribution is -0.120. The van der Waals surface area contributed by atoms with Crippen LogP contribution in [-0.2, 0) is 11.3 Å². The first-order valence-corrected chi connectivity index (χ1v) is 5.83. The Morgan fingerprint density at radius 2 is 2.17 bits per heavy atom. The van der Waals surface area contributed by atoms with Gasteiger partial charge in [0.05, 0.1) is 17.8 Å². The van der Waals surface area contributed by atoms with E-state index >= 15 is 0 Å². The molecule has 1 aromatic heterocycles. The van der Waals surface area contributed by atoms with E-state index < -0.39 is 5.97 Å². The Morgan fingerprint density at radius 3 is 2.72 bits per heavy atom. The fourth-order valence-corrected chi connectivity index (χ4v) is 1.47. The molecule has 3 N–H and O–H groups in total. The van der Waals surface area contributed by atoms with Gasteiger partial charge in [-0.2, -0.15) is 0 Å². The van der Waals surface area contributed by atoms with Crippen LogP contribution in [0.5, 0.6) is 0 Å². The number of carboxylic acid groups (broad SMARTS) is 1. The summed E-state index contributed by atoms with van der Waals surface area (Å²) >= 11 is 0. The number of carbonyl (C=O) groups excluding carboxylic acids is 1. The van der Waals surface area contributed by atoms with Gasteiger partial charge in [0.2, 0.25) is 5.91 Å². The Kier molecular flexibility index (Phi) is 3.88. The van der Waals surface area contributed by atoms with E-state index in [1.807, 2.05) is 0 Å². The van der Waals surface area contributed by atoms with Gasteiger partial charge in [0, 0.05) is 18.8 Å². The SMILES string of the molecule is O=C(CNCc1ccc(C(=O)O)cn1)NC1CC1. The van der Waals surface area contributed by atoms with Gasteiger partial charge in [-0.1, -0.05) is 0 Å². The molecule has 6 heteroatoms. The normalized spacial score (nSPS) is 14.2. The summed E-state index contributed by atoms with van der Waals surface area (Å²) in [5, 5.41) is 14.5. The van der Waals surface area contributed by atoms with Crippen LogP contribution in [0.2, 0.25) is 0 Å². The molecule has 1 fully saturated rings. The van der Waals surface area contributed by atoms with E-state index in [-0.39, 0.29) is 18.0 Å². The summed E-state index contributed by atoms with van der Waals surface area (Å²) < 4.78 is 0. The molecule has 0 spiro atoms. The Labute approximate surface area is 104 Å². The molecule has 1 heterocycles. The summed E-state index contributed by atoms with van der Waals surface area (Å²) in [5.41, 5.74) is 0.865. The van der Waals surface area contributed by atoms with Crippen molar-refractivity contribution in [3.63, 3.8) is 0 Å². The second kappa shape index (κ2) is 5.59. The fourth-order valence-electron chi connectivity index (χ4n) is 1.47. The molecule has 0 saturated heterocycles. The average molecular weight is 249 g/mol. The highest BCUT2D eigenvalue weighted by Crippen LogP contribution is 2.18. The topological polar surface area (TPSA) is 91.3 Å². The molecule has 0 aliphatic heterocycles. The number of carbonyl (C=O) groups is 2. The van der Waals surface area contributed by atoms with E-state index in [0.29, 0.717) is 18.3 Å². The minimum absolute atomic E-state index is 0.0142. The number of nitrogens with one attached hydrogen (secondary N) is 2. The molecular formula is C12H15N3O3. The first-order valence-electron chi connectivity index (χ1n) is 5.83. The van der Waals surface area contributed by atoms with Gasteiger partial charge in [-0.05, 0) is 25.0 Å². The van der Waals surface area contributed by atoms with Gasteiger partial charge in [-0.15, -0.1) is 0 Å². The lowest BCUT2D eigenvalue weighted by Crippen LogP contribution is -2.34. The van der Waals surface area contributed by atoms with Crippen LogP contribution < -0.4 is 10.6 Å². The molecule has 0 aromatic carbocycles. The molecule has 0 bridgehead atoms. The van der Waals surface area contributed by atoms with Gasteiger partial charge in [0.1, 0.15) is 0 Å². The summed E-state index contributed by atoms with van der Waals surface area (Å²) in [4.78, 5) is 26.0. The number of pyridine rings is 1. The van der Waals surface area contributed by atoms with Crippen molar-refractivity contribution in [1.82, 2.24) is 15.6 Å². The maximum absolute atomic E-state index is 11.4. The molecule has 18 heavy (non-hydrogen) atoms. The minimum atomic E-state index is -0.995. The van der Waals surface area contributed by atoms with Crippen LogP contribution in [0.1, 0.15) is 28.9 Å². The maximum Gasteiger partial charge on any atom is 0.337 e. The van der Waals surface area contributed by atoms with Crippen LogP contribution in [0.15, 0.2) is 18.3 Å². The smallest absolute Gasteiger partial charge is 0.337 e. The van der Waals surface area contributed by atoms with E-state index in [9.17, 15) is 9.59 Å². The first kappa shape index (κ1) is 12.5. The number of carboxylic acids is 1. The van der Waals surface area contributed by atoms with Crippen LogP contribution in [0.25, 0.3) is 0 Å². The summed E-state index contributed by atoms with van der Waals surface area (Å²) in [6.45, 7) is 0.691. The van der Waals surface area contributed by atoms with E-state index in [1.54, 1.807) is 6.07 Å². The predicted octanol–water partition coefficient (Wildman–Crippen LogP) is 0.148. The summed E-state index contributed by atoms with van der Waals surface area (Å²) in [6, 6.07) is 3.50. The molecule has 1 amide bonds. The summed E-state index contributed by atoms with van der Waals surface area (Å²) in [5.74, 6) is -1.01. The summed E-state index contributed by atoms with van der Waals surface area (Å²) in [7, 11) is 0. The van der Waals surface area contributed by atoms with Gasteiger partial charge in [0.25, 0.3) is 0 Å². The lowest BCUT2D eigenvalue weighted by Gasteiger charge is -2.05. The van der Waals surface area contributed by atoms with Crippen molar-refractivity contribution in [1.29, 1.82) is 0 Å². The number of rotatable bonds is 6. The Balaban J connectivity index is 1.72. The minimum Gasteiger partial charge on any atom is -0.478 e. The third-order valence-electron chi connectivity index (χ3n) is 2.61. The molecular weight excluding hydrogens is 234 g/mol. The van der Waals surface area contributed by atoms with Crippen molar-refractivity contribution in [2.45, 2.75) is 25.4 Å². The van der Waals surface area contributed by atoms with Gasteiger partial charge in [-0.25, -0.2) is 4.79 Å². The molecule has 1 aliphatic rings. The van der Waals surface area contributed by atoms with Crippen molar-refractivity contribution in [3.05, 3.63) is 29.6 Å². The number of nitrogens with zero attached hydrogens (tertiary/aromatic N) is 1. The summed E-state index contributed by atoms with van der Waals surface area (Å²) in [6.07, 6.45) is 3.46. The quantitative estimate of drug-likeness (QED) is 0.667. The molecule has 0 unspecified atom stereocenters. The highest BCUT2D eigenvalue weighted by Gasteiger charge is 2.22. The third-order valence-corrected chi connectivity index (χ3v) is 2.61. The van der Waals surface area contributed by atoms with Crippen molar-refractivity contribution in [2.75, 3.05) is 6.54 Å². The first-order chi connectivity index (χ1) is 8.65. The van der Waals surface area contributed by atoms with E-state index in [2.05, 4.69) is 15.6 Å². The molecule has 0 radical (unpaired) electrons. The van der Waals surface area contributed by atoms with Crippen LogP contribution >= 0.6 is 0 Å². The molecule has 1 aliphatic carbocycles. The largest absolute Gasteiger partial charge is 0.478 e. The molecule has 1 aromatic rings. The predicted molar refractivity (Wildman–Crippen MR) is 64.1 cm³/mol. The number of amides is 1. The maximum atomic E-state index is 11.4. The van der Waals surface area contributed by atoms with Gasteiger partial charge in [-0.3, -0.25) is 9.78 Å². The number of aromatic nitrogens is 1. The lowest BCUT2D eigenvalue weighted by atomic mass is 10.2. The Morgan fingerprint density at radius 1 is 1.39 bits per heavy atom. The zero-order valence-electron chi connectivity index (χ0n) is 9.85. The second-order valence-electron chi connectivity index (χ2n) is 4.29. The van der Waals surface area contributed by atoms with Gasteiger partial charge < -0.3 is 15.7 Å². The molecule has 1 saturated carbocycles. The van der Waals surface area contributed by atoms with Gasteiger partial charge in [0.15, 0.2) is 0 Å². The zero-order valence-corrected chi connectivity index (χ0v) is 9.85. The number of hydrogen-bond acceptors (Lipinski definition) is 4. The van der Waals surface area contributed by atoms with Crippen molar-refractivity contribution in [3.8, 4) is 0 Å². The average Bonchev–Trinajstić information content (AvgIpc) is 3.13. The monoisotopic (exact) mass is 249 g/mol. The highest BCUT2D eigenvalue weighted by atomic mass is 16.4.